The molecular weight excluding hydrogens is 563 g/mol. The van der Waals surface area contributed by atoms with Crippen LogP contribution in [0.15, 0.2) is 66.7 Å². The first-order valence-corrected chi connectivity index (χ1v) is 13.7. The molecule has 2 N–H and O–H groups in total. The third-order valence-corrected chi connectivity index (χ3v) is 7.39. The lowest BCUT2D eigenvalue weighted by Gasteiger charge is -2.21. The van der Waals surface area contributed by atoms with Crippen LogP contribution in [-0.4, -0.2) is 43.3 Å². The lowest BCUT2D eigenvalue weighted by atomic mass is 10.1. The smallest absolute Gasteiger partial charge is 0.251 e. The minimum atomic E-state index is -0.349. The molecule has 0 atom stereocenters. The molecule has 0 saturated carbocycles. The zero-order valence-corrected chi connectivity index (χ0v) is 24.5. The predicted octanol–water partition coefficient (Wildman–Crippen LogP) is 5.50. The van der Waals surface area contributed by atoms with Crippen LogP contribution < -0.4 is 20.3 Å². The Balaban J connectivity index is 1.35. The van der Waals surface area contributed by atoms with Crippen LogP contribution in [0, 0.1) is 6.92 Å². The standard InChI is InChI=1S/C31H30Cl2N4O4/c1-19-7-11-21-5-4-6-26(30(21)36-19)41-18-23-24(32)14-15-25(29(23)33)37(3)28(39)17-35-27(38)16-10-20-8-12-22(13-9-20)31(40)34-2/h4-9,11-15H,10,16-18H2,1-3H3,(H,34,40)(H,35,38). The van der Waals surface area contributed by atoms with Gasteiger partial charge in [0, 0.05) is 47.7 Å². The van der Waals surface area contributed by atoms with Crippen molar-refractivity contribution in [3.05, 3.63) is 99.2 Å². The summed E-state index contributed by atoms with van der Waals surface area (Å²) in [6, 6.07) is 19.9. The number of ether oxygens (including phenoxy) is 1. The van der Waals surface area contributed by atoms with E-state index in [4.69, 9.17) is 27.9 Å². The van der Waals surface area contributed by atoms with Gasteiger partial charge in [-0.3, -0.25) is 14.4 Å². The highest BCUT2D eigenvalue weighted by molar-refractivity contribution is 6.38. The number of amides is 3. The second-order valence-electron chi connectivity index (χ2n) is 9.43. The van der Waals surface area contributed by atoms with Crippen molar-refractivity contribution in [2.75, 3.05) is 25.5 Å². The van der Waals surface area contributed by atoms with E-state index in [-0.39, 0.29) is 42.3 Å². The topological polar surface area (TPSA) is 101 Å². The fraction of sp³-hybridized carbons (Fsp3) is 0.226. The minimum Gasteiger partial charge on any atom is -0.487 e. The summed E-state index contributed by atoms with van der Waals surface area (Å²) in [6.07, 6.45) is 0.671. The maximum Gasteiger partial charge on any atom is 0.251 e. The molecule has 0 bridgehead atoms. The highest BCUT2D eigenvalue weighted by Crippen LogP contribution is 2.35. The molecule has 0 radical (unpaired) electrons. The molecule has 0 aliphatic carbocycles. The third kappa shape index (κ3) is 7.34. The summed E-state index contributed by atoms with van der Waals surface area (Å²) in [7, 11) is 3.15. The Bertz CT molecular complexity index is 1590. The van der Waals surface area contributed by atoms with Crippen molar-refractivity contribution in [1.29, 1.82) is 0 Å². The number of aromatic nitrogens is 1. The Morgan fingerprint density at radius 2 is 1.73 bits per heavy atom. The van der Waals surface area contributed by atoms with Gasteiger partial charge in [-0.1, -0.05) is 53.5 Å². The van der Waals surface area contributed by atoms with Gasteiger partial charge in [0.05, 0.1) is 17.3 Å². The fourth-order valence-corrected chi connectivity index (χ4v) is 4.81. The molecule has 0 unspecified atom stereocenters. The van der Waals surface area contributed by atoms with Gasteiger partial charge >= 0.3 is 0 Å². The Labute approximate surface area is 248 Å². The summed E-state index contributed by atoms with van der Waals surface area (Å²) in [5.74, 6) is -0.191. The van der Waals surface area contributed by atoms with E-state index in [0.717, 1.165) is 22.2 Å². The maximum absolute atomic E-state index is 12.9. The second kappa shape index (κ2) is 13.5. The van der Waals surface area contributed by atoms with Crippen LogP contribution in [0.1, 0.15) is 33.6 Å². The molecule has 8 nitrogen and oxygen atoms in total. The summed E-state index contributed by atoms with van der Waals surface area (Å²) in [5.41, 5.74) is 4.03. The predicted molar refractivity (Wildman–Crippen MR) is 162 cm³/mol. The van der Waals surface area contributed by atoms with Gasteiger partial charge in [0.1, 0.15) is 17.9 Å². The number of pyridine rings is 1. The number of nitrogens with zero attached hydrogens (tertiary/aromatic N) is 2. The van der Waals surface area contributed by atoms with E-state index >= 15 is 0 Å². The Morgan fingerprint density at radius 3 is 2.46 bits per heavy atom. The zero-order chi connectivity index (χ0) is 29.5. The van der Waals surface area contributed by atoms with E-state index in [9.17, 15) is 14.4 Å². The maximum atomic E-state index is 12.9. The Hall–Kier alpha value is -4.14. The second-order valence-corrected chi connectivity index (χ2v) is 10.2. The molecule has 0 saturated heterocycles. The number of aryl methyl sites for hydroxylation is 2. The summed E-state index contributed by atoms with van der Waals surface area (Å²) in [5, 5.41) is 6.86. The van der Waals surface area contributed by atoms with Gasteiger partial charge in [0.15, 0.2) is 0 Å². The monoisotopic (exact) mass is 592 g/mol. The number of halogens is 2. The van der Waals surface area contributed by atoms with Gasteiger partial charge in [-0.2, -0.15) is 0 Å². The number of likely N-dealkylation sites (N-methyl/N-ethyl adjacent to an activating group) is 1. The van der Waals surface area contributed by atoms with Crippen LogP contribution in [0.3, 0.4) is 0 Å². The van der Waals surface area contributed by atoms with Gasteiger partial charge < -0.3 is 20.3 Å². The lowest BCUT2D eigenvalue weighted by molar-refractivity contribution is -0.124. The van der Waals surface area contributed by atoms with Gasteiger partial charge in [-0.05, 0) is 55.3 Å². The van der Waals surface area contributed by atoms with Crippen molar-refractivity contribution < 1.29 is 19.1 Å². The molecular formula is C31H30Cl2N4O4. The quantitative estimate of drug-likeness (QED) is 0.253. The molecule has 10 heteroatoms. The Morgan fingerprint density at radius 1 is 0.976 bits per heavy atom. The summed E-state index contributed by atoms with van der Waals surface area (Å²) in [6.45, 7) is 1.79. The number of hydrogen-bond acceptors (Lipinski definition) is 5. The summed E-state index contributed by atoms with van der Waals surface area (Å²) >= 11 is 13.2. The van der Waals surface area contributed by atoms with Gasteiger partial charge in [0.2, 0.25) is 11.8 Å². The fourth-order valence-electron chi connectivity index (χ4n) is 4.20. The normalized spacial score (nSPS) is 10.8. The number of carbonyl (C=O) groups excluding carboxylic acids is 3. The van der Waals surface area contributed by atoms with Crippen LogP contribution in [-0.2, 0) is 22.6 Å². The number of benzene rings is 3. The molecule has 212 valence electrons. The average molecular weight is 594 g/mol. The average Bonchev–Trinajstić information content (AvgIpc) is 2.98. The first kappa shape index (κ1) is 29.8. The number of rotatable bonds is 10. The number of carbonyl (C=O) groups is 3. The molecule has 1 heterocycles. The number of para-hydroxylation sites is 1. The van der Waals surface area contributed by atoms with E-state index in [2.05, 4.69) is 15.6 Å². The minimum absolute atomic E-state index is 0.0725. The van der Waals surface area contributed by atoms with Crippen molar-refractivity contribution in [3.8, 4) is 5.75 Å². The number of nitrogens with one attached hydrogen (secondary N) is 2. The highest BCUT2D eigenvalue weighted by atomic mass is 35.5. The molecule has 0 spiro atoms. The van der Waals surface area contributed by atoms with Crippen LogP contribution in [0.2, 0.25) is 10.0 Å². The molecule has 1 aromatic heterocycles. The summed E-state index contributed by atoms with van der Waals surface area (Å²) in [4.78, 5) is 42.9. The zero-order valence-electron chi connectivity index (χ0n) is 23.0. The van der Waals surface area contributed by atoms with E-state index in [0.29, 0.717) is 34.0 Å². The first-order valence-electron chi connectivity index (χ1n) is 13.0. The van der Waals surface area contributed by atoms with Crippen LogP contribution in [0.4, 0.5) is 5.69 Å². The molecule has 0 fully saturated rings. The van der Waals surface area contributed by atoms with Gasteiger partial charge in [-0.15, -0.1) is 0 Å². The molecule has 4 aromatic rings. The Kier molecular flexibility index (Phi) is 9.81. The lowest BCUT2D eigenvalue weighted by Crippen LogP contribution is -2.38. The molecule has 0 aliphatic heterocycles. The molecule has 41 heavy (non-hydrogen) atoms. The molecule has 3 aromatic carbocycles. The van der Waals surface area contributed by atoms with E-state index in [1.54, 1.807) is 50.5 Å². The third-order valence-electron chi connectivity index (χ3n) is 6.62. The van der Waals surface area contributed by atoms with Crippen molar-refractivity contribution in [3.63, 3.8) is 0 Å². The molecule has 4 rings (SSSR count). The van der Waals surface area contributed by atoms with Gasteiger partial charge in [0.25, 0.3) is 5.91 Å². The van der Waals surface area contributed by atoms with Crippen molar-refractivity contribution in [2.45, 2.75) is 26.4 Å². The summed E-state index contributed by atoms with van der Waals surface area (Å²) < 4.78 is 6.07. The van der Waals surface area contributed by atoms with Crippen LogP contribution in [0.5, 0.6) is 5.75 Å². The largest absolute Gasteiger partial charge is 0.487 e. The van der Waals surface area contributed by atoms with E-state index in [1.165, 1.54) is 4.90 Å². The molecule has 0 aliphatic rings. The molecule has 3 amide bonds. The van der Waals surface area contributed by atoms with Crippen molar-refractivity contribution >= 4 is 57.5 Å². The van der Waals surface area contributed by atoms with Crippen molar-refractivity contribution in [1.82, 2.24) is 15.6 Å². The number of fused-ring (bicyclic) bond motifs is 1. The SMILES string of the molecule is CNC(=O)c1ccc(CCC(=O)NCC(=O)N(C)c2ccc(Cl)c(COc3cccc4ccc(C)nc34)c2Cl)cc1. The first-order chi connectivity index (χ1) is 19.7. The van der Waals surface area contributed by atoms with Crippen molar-refractivity contribution in [2.24, 2.45) is 0 Å². The van der Waals surface area contributed by atoms with E-state index < -0.39 is 0 Å². The number of hydrogen-bond donors (Lipinski definition) is 2. The van der Waals surface area contributed by atoms with Crippen LogP contribution >= 0.6 is 23.2 Å². The van der Waals surface area contributed by atoms with Gasteiger partial charge in [-0.25, -0.2) is 4.98 Å². The number of anilines is 1. The highest BCUT2D eigenvalue weighted by Gasteiger charge is 2.19. The van der Waals surface area contributed by atoms with Crippen LogP contribution in [0.25, 0.3) is 10.9 Å². The van der Waals surface area contributed by atoms with E-state index in [1.807, 2.05) is 37.3 Å².